The van der Waals surface area contributed by atoms with Crippen molar-refractivity contribution in [2.24, 2.45) is 0 Å². The lowest BCUT2D eigenvalue weighted by Crippen LogP contribution is -2.48. The highest BCUT2D eigenvalue weighted by Crippen LogP contribution is 2.20. The molecule has 2 heterocycles. The molecule has 1 fully saturated rings. The summed E-state index contributed by atoms with van der Waals surface area (Å²) in [4.78, 5) is 11.4. The van der Waals surface area contributed by atoms with Crippen molar-refractivity contribution >= 4 is 11.5 Å². The summed E-state index contributed by atoms with van der Waals surface area (Å²) in [5.74, 6) is 0.935. The van der Waals surface area contributed by atoms with E-state index in [0.717, 1.165) is 50.8 Å². The monoisotopic (exact) mass is 249 g/mol. The van der Waals surface area contributed by atoms with E-state index in [0.29, 0.717) is 0 Å². The minimum absolute atomic E-state index is 0.777. The van der Waals surface area contributed by atoms with Crippen LogP contribution >= 0.6 is 0 Å². The van der Waals surface area contributed by atoms with E-state index in [1.165, 1.54) is 0 Å². The van der Waals surface area contributed by atoms with Crippen LogP contribution in [0.15, 0.2) is 18.3 Å². The van der Waals surface area contributed by atoms with Crippen molar-refractivity contribution in [2.75, 3.05) is 64.0 Å². The standard InChI is InChI=1S/C13H23N5/c1-16(2)6-7-17-8-10-18(11-9-17)13-12(14)4-3-5-15-13/h3-5H,6-11,14H2,1-2H3. The molecule has 0 amide bonds. The van der Waals surface area contributed by atoms with Crippen LogP contribution in [0.25, 0.3) is 0 Å². The van der Waals surface area contributed by atoms with Gasteiger partial charge in [-0.05, 0) is 26.2 Å². The van der Waals surface area contributed by atoms with Gasteiger partial charge in [0.1, 0.15) is 0 Å². The molecule has 0 spiro atoms. The van der Waals surface area contributed by atoms with Crippen LogP contribution in [0, 0.1) is 0 Å². The van der Waals surface area contributed by atoms with E-state index in [-0.39, 0.29) is 0 Å². The maximum absolute atomic E-state index is 5.96. The van der Waals surface area contributed by atoms with Gasteiger partial charge in [-0.1, -0.05) is 0 Å². The van der Waals surface area contributed by atoms with Gasteiger partial charge < -0.3 is 15.5 Å². The molecule has 0 atom stereocenters. The van der Waals surface area contributed by atoms with Crippen molar-refractivity contribution in [2.45, 2.75) is 0 Å². The number of pyridine rings is 1. The van der Waals surface area contributed by atoms with E-state index >= 15 is 0 Å². The molecule has 0 aromatic carbocycles. The number of aromatic nitrogens is 1. The molecular formula is C13H23N5. The highest BCUT2D eigenvalue weighted by atomic mass is 15.3. The molecular weight excluding hydrogens is 226 g/mol. The van der Waals surface area contributed by atoms with Gasteiger partial charge in [-0.25, -0.2) is 4.98 Å². The van der Waals surface area contributed by atoms with Crippen molar-refractivity contribution in [1.29, 1.82) is 0 Å². The maximum Gasteiger partial charge on any atom is 0.151 e. The first-order chi connectivity index (χ1) is 8.66. The van der Waals surface area contributed by atoms with Crippen LogP contribution in [-0.2, 0) is 0 Å². The van der Waals surface area contributed by atoms with Gasteiger partial charge in [0.15, 0.2) is 5.82 Å². The van der Waals surface area contributed by atoms with E-state index in [1.54, 1.807) is 0 Å². The first-order valence-corrected chi connectivity index (χ1v) is 6.49. The Morgan fingerprint density at radius 3 is 2.61 bits per heavy atom. The first kappa shape index (κ1) is 13.1. The summed E-state index contributed by atoms with van der Waals surface area (Å²) in [5.41, 5.74) is 6.74. The Balaban J connectivity index is 1.85. The Kier molecular flexibility index (Phi) is 4.38. The summed E-state index contributed by atoms with van der Waals surface area (Å²) in [6.07, 6.45) is 1.81. The number of nitrogen functional groups attached to an aromatic ring is 1. The average molecular weight is 249 g/mol. The van der Waals surface area contributed by atoms with Gasteiger partial charge in [-0.3, -0.25) is 4.90 Å². The molecule has 1 aromatic heterocycles. The molecule has 0 radical (unpaired) electrons. The summed E-state index contributed by atoms with van der Waals surface area (Å²) in [7, 11) is 4.23. The highest BCUT2D eigenvalue weighted by Gasteiger charge is 2.18. The molecule has 1 saturated heterocycles. The fourth-order valence-corrected chi connectivity index (χ4v) is 2.20. The van der Waals surface area contributed by atoms with Gasteiger partial charge >= 0.3 is 0 Å². The summed E-state index contributed by atoms with van der Waals surface area (Å²) in [6, 6.07) is 3.80. The number of nitrogens with two attached hydrogens (primary N) is 1. The Morgan fingerprint density at radius 2 is 2.00 bits per heavy atom. The molecule has 1 aliphatic rings. The summed E-state index contributed by atoms with van der Waals surface area (Å²) in [5, 5.41) is 0. The lowest BCUT2D eigenvalue weighted by Gasteiger charge is -2.36. The van der Waals surface area contributed by atoms with Gasteiger partial charge in [0.25, 0.3) is 0 Å². The minimum Gasteiger partial charge on any atom is -0.396 e. The van der Waals surface area contributed by atoms with Crippen molar-refractivity contribution in [1.82, 2.24) is 14.8 Å². The normalized spacial score (nSPS) is 17.4. The zero-order valence-electron chi connectivity index (χ0n) is 11.3. The number of nitrogens with zero attached hydrogens (tertiary/aromatic N) is 4. The number of hydrogen-bond acceptors (Lipinski definition) is 5. The predicted octanol–water partition coefficient (Wildman–Crippen LogP) is 0.347. The smallest absolute Gasteiger partial charge is 0.151 e. The SMILES string of the molecule is CN(C)CCN1CCN(c2ncccc2N)CC1. The molecule has 2 N–H and O–H groups in total. The summed E-state index contributed by atoms with van der Waals surface area (Å²) in [6.45, 7) is 6.45. The van der Waals surface area contributed by atoms with Crippen LogP contribution in [0.1, 0.15) is 0 Å². The third kappa shape index (κ3) is 3.34. The number of piperazine rings is 1. The average Bonchev–Trinajstić information content (AvgIpc) is 2.38. The Bertz CT molecular complexity index is 371. The van der Waals surface area contributed by atoms with Crippen molar-refractivity contribution in [3.8, 4) is 0 Å². The second-order valence-electron chi connectivity index (χ2n) is 5.05. The molecule has 2 rings (SSSR count). The number of hydrogen-bond donors (Lipinski definition) is 1. The zero-order chi connectivity index (χ0) is 13.0. The van der Waals surface area contributed by atoms with Crippen molar-refractivity contribution in [3.63, 3.8) is 0 Å². The third-order valence-corrected chi connectivity index (χ3v) is 3.35. The first-order valence-electron chi connectivity index (χ1n) is 6.49. The molecule has 0 unspecified atom stereocenters. The molecule has 18 heavy (non-hydrogen) atoms. The van der Waals surface area contributed by atoms with Crippen LogP contribution in [-0.4, -0.2) is 68.1 Å². The van der Waals surface area contributed by atoms with E-state index < -0.39 is 0 Å². The van der Waals surface area contributed by atoms with Crippen LogP contribution < -0.4 is 10.6 Å². The largest absolute Gasteiger partial charge is 0.396 e. The third-order valence-electron chi connectivity index (χ3n) is 3.35. The zero-order valence-corrected chi connectivity index (χ0v) is 11.3. The number of rotatable bonds is 4. The molecule has 1 aliphatic heterocycles. The fraction of sp³-hybridized carbons (Fsp3) is 0.615. The molecule has 5 nitrogen and oxygen atoms in total. The second-order valence-corrected chi connectivity index (χ2v) is 5.05. The van der Waals surface area contributed by atoms with E-state index in [1.807, 2.05) is 18.3 Å². The minimum atomic E-state index is 0.777. The predicted molar refractivity (Wildman–Crippen MR) is 75.9 cm³/mol. The molecule has 0 aliphatic carbocycles. The van der Waals surface area contributed by atoms with Gasteiger partial charge in [0.05, 0.1) is 5.69 Å². The Morgan fingerprint density at radius 1 is 1.28 bits per heavy atom. The quantitative estimate of drug-likeness (QED) is 0.834. The van der Waals surface area contributed by atoms with Crippen molar-refractivity contribution < 1.29 is 0 Å². The van der Waals surface area contributed by atoms with E-state index in [9.17, 15) is 0 Å². The van der Waals surface area contributed by atoms with Gasteiger partial charge in [0.2, 0.25) is 0 Å². The van der Waals surface area contributed by atoms with Gasteiger partial charge in [0, 0.05) is 45.5 Å². The lowest BCUT2D eigenvalue weighted by molar-refractivity contribution is 0.229. The van der Waals surface area contributed by atoms with Crippen LogP contribution in [0.5, 0.6) is 0 Å². The Labute approximate surface area is 109 Å². The summed E-state index contributed by atoms with van der Waals surface area (Å²) < 4.78 is 0. The van der Waals surface area contributed by atoms with E-state index in [2.05, 4.69) is 33.8 Å². The highest BCUT2D eigenvalue weighted by molar-refractivity contribution is 5.62. The molecule has 5 heteroatoms. The molecule has 0 bridgehead atoms. The van der Waals surface area contributed by atoms with Crippen molar-refractivity contribution in [3.05, 3.63) is 18.3 Å². The molecule has 0 saturated carbocycles. The van der Waals surface area contributed by atoms with Gasteiger partial charge in [-0.2, -0.15) is 0 Å². The van der Waals surface area contributed by atoms with Crippen LogP contribution in [0.3, 0.4) is 0 Å². The fourth-order valence-electron chi connectivity index (χ4n) is 2.20. The Hall–Kier alpha value is -1.33. The number of likely N-dealkylation sites (N-methyl/N-ethyl adjacent to an activating group) is 1. The van der Waals surface area contributed by atoms with Crippen LogP contribution in [0.2, 0.25) is 0 Å². The molecule has 1 aromatic rings. The molecule has 100 valence electrons. The summed E-state index contributed by atoms with van der Waals surface area (Å²) >= 11 is 0. The second kappa shape index (κ2) is 6.02. The topological polar surface area (TPSA) is 48.6 Å². The van der Waals surface area contributed by atoms with Crippen LogP contribution in [0.4, 0.5) is 11.5 Å². The van der Waals surface area contributed by atoms with E-state index in [4.69, 9.17) is 5.73 Å². The van der Waals surface area contributed by atoms with Gasteiger partial charge in [-0.15, -0.1) is 0 Å². The lowest BCUT2D eigenvalue weighted by atomic mass is 10.3. The number of anilines is 2. The maximum atomic E-state index is 5.96.